The molecule has 3 N–H and O–H groups in total. The molecule has 1 aliphatic rings. The molecule has 4 nitrogen and oxygen atoms in total. The normalized spacial score (nSPS) is 16.8. The molecule has 20 heavy (non-hydrogen) atoms. The Labute approximate surface area is 121 Å². The van der Waals surface area contributed by atoms with Crippen molar-refractivity contribution in [1.82, 2.24) is 0 Å². The maximum atomic E-state index is 11.7. The van der Waals surface area contributed by atoms with Crippen LogP contribution >= 0.6 is 0 Å². The first kappa shape index (κ1) is 14.9. The fourth-order valence-electron chi connectivity index (χ4n) is 2.49. The molecule has 0 saturated carbocycles. The summed E-state index contributed by atoms with van der Waals surface area (Å²) < 4.78 is 0. The Morgan fingerprint density at radius 3 is 2.50 bits per heavy atom. The van der Waals surface area contributed by atoms with E-state index in [0.717, 1.165) is 25.2 Å². The van der Waals surface area contributed by atoms with Crippen LogP contribution in [0.25, 0.3) is 0 Å². The number of hydrogen-bond acceptors (Lipinski definition) is 3. The lowest BCUT2D eigenvalue weighted by Gasteiger charge is -2.28. The van der Waals surface area contributed by atoms with Gasteiger partial charge in [-0.15, -0.1) is 0 Å². The maximum absolute atomic E-state index is 11.7. The van der Waals surface area contributed by atoms with Crippen molar-refractivity contribution < 1.29 is 4.79 Å². The number of rotatable bonds is 5. The van der Waals surface area contributed by atoms with Crippen molar-refractivity contribution in [3.05, 3.63) is 24.3 Å². The smallest absolute Gasteiger partial charge is 0.224 e. The molecule has 1 atom stereocenters. The van der Waals surface area contributed by atoms with E-state index in [2.05, 4.69) is 22.3 Å². The molecule has 1 aromatic carbocycles. The molecule has 1 saturated heterocycles. The first-order chi connectivity index (χ1) is 9.65. The van der Waals surface area contributed by atoms with E-state index in [0.29, 0.717) is 6.42 Å². The molecule has 1 fully saturated rings. The van der Waals surface area contributed by atoms with E-state index >= 15 is 0 Å². The van der Waals surface area contributed by atoms with Gasteiger partial charge in [-0.1, -0.05) is 0 Å². The molecule has 0 radical (unpaired) electrons. The molecular formula is C16H25N3O. The Morgan fingerprint density at radius 2 is 1.90 bits per heavy atom. The van der Waals surface area contributed by atoms with Crippen molar-refractivity contribution >= 4 is 17.3 Å². The number of carbonyl (C=O) groups is 1. The van der Waals surface area contributed by atoms with Crippen LogP contribution in [-0.2, 0) is 4.79 Å². The molecular weight excluding hydrogens is 250 g/mol. The number of benzene rings is 1. The highest BCUT2D eigenvalue weighted by atomic mass is 16.1. The predicted octanol–water partition coefficient (Wildman–Crippen LogP) is 2.74. The number of carbonyl (C=O) groups excluding carboxylic acids is 1. The average Bonchev–Trinajstić information content (AvgIpc) is 2.47. The van der Waals surface area contributed by atoms with Crippen molar-refractivity contribution in [2.45, 2.75) is 45.1 Å². The molecule has 2 rings (SSSR count). The Morgan fingerprint density at radius 1 is 1.25 bits per heavy atom. The fourth-order valence-corrected chi connectivity index (χ4v) is 2.49. The summed E-state index contributed by atoms with van der Waals surface area (Å²) in [5.74, 6) is 0.0352. The van der Waals surface area contributed by atoms with Gasteiger partial charge >= 0.3 is 0 Å². The molecule has 1 aromatic rings. The molecule has 1 heterocycles. The van der Waals surface area contributed by atoms with Crippen LogP contribution in [0.5, 0.6) is 0 Å². The van der Waals surface area contributed by atoms with Gasteiger partial charge in [0, 0.05) is 36.9 Å². The third kappa shape index (κ3) is 4.53. The van der Waals surface area contributed by atoms with Gasteiger partial charge in [0.2, 0.25) is 5.91 Å². The maximum Gasteiger partial charge on any atom is 0.224 e. The number of amides is 1. The van der Waals surface area contributed by atoms with Crippen LogP contribution in [0, 0.1) is 0 Å². The van der Waals surface area contributed by atoms with Gasteiger partial charge in [-0.2, -0.15) is 0 Å². The van der Waals surface area contributed by atoms with Crippen LogP contribution in [0.2, 0.25) is 0 Å². The fraction of sp³-hybridized carbons (Fsp3) is 0.562. The van der Waals surface area contributed by atoms with Crippen LogP contribution in [0.15, 0.2) is 24.3 Å². The van der Waals surface area contributed by atoms with E-state index in [1.54, 1.807) is 0 Å². The lowest BCUT2D eigenvalue weighted by atomic mass is 10.1. The summed E-state index contributed by atoms with van der Waals surface area (Å²) in [6.45, 7) is 4.20. The summed E-state index contributed by atoms with van der Waals surface area (Å²) in [6.07, 6.45) is 5.08. The molecule has 1 amide bonds. The summed E-state index contributed by atoms with van der Waals surface area (Å²) in [4.78, 5) is 14.1. The van der Waals surface area contributed by atoms with Crippen LogP contribution in [0.1, 0.15) is 39.0 Å². The molecule has 0 aromatic heterocycles. The van der Waals surface area contributed by atoms with E-state index < -0.39 is 0 Å². The molecule has 110 valence electrons. The SMILES string of the molecule is CC(N)CCC(=O)Nc1ccc(N2CCCCC2)cc1. The minimum Gasteiger partial charge on any atom is -0.372 e. The van der Waals surface area contributed by atoms with E-state index in [4.69, 9.17) is 5.73 Å². The monoisotopic (exact) mass is 275 g/mol. The van der Waals surface area contributed by atoms with Gasteiger partial charge in [0.15, 0.2) is 0 Å². The second-order valence-corrected chi connectivity index (χ2v) is 5.66. The van der Waals surface area contributed by atoms with Crippen molar-refractivity contribution in [2.24, 2.45) is 5.73 Å². The molecule has 1 unspecified atom stereocenters. The lowest BCUT2D eigenvalue weighted by molar-refractivity contribution is -0.116. The highest BCUT2D eigenvalue weighted by molar-refractivity contribution is 5.90. The Kier molecular flexibility index (Phi) is 5.41. The van der Waals surface area contributed by atoms with E-state index in [1.807, 2.05) is 19.1 Å². The third-order valence-corrected chi connectivity index (χ3v) is 3.70. The zero-order valence-corrected chi connectivity index (χ0v) is 12.3. The van der Waals surface area contributed by atoms with Gasteiger partial charge in [0.05, 0.1) is 0 Å². The van der Waals surface area contributed by atoms with E-state index in [1.165, 1.54) is 24.9 Å². The van der Waals surface area contributed by atoms with Crippen LogP contribution < -0.4 is 16.0 Å². The summed E-state index contributed by atoms with van der Waals surface area (Å²) in [5.41, 5.74) is 7.76. The molecule has 4 heteroatoms. The summed E-state index contributed by atoms with van der Waals surface area (Å²) >= 11 is 0. The van der Waals surface area contributed by atoms with Crippen molar-refractivity contribution in [3.8, 4) is 0 Å². The van der Waals surface area contributed by atoms with Crippen molar-refractivity contribution in [3.63, 3.8) is 0 Å². The number of hydrogen-bond donors (Lipinski definition) is 2. The third-order valence-electron chi connectivity index (χ3n) is 3.70. The van der Waals surface area contributed by atoms with Crippen LogP contribution in [-0.4, -0.2) is 25.0 Å². The Balaban J connectivity index is 1.86. The summed E-state index contributed by atoms with van der Waals surface area (Å²) in [6, 6.07) is 8.21. The van der Waals surface area contributed by atoms with Crippen LogP contribution in [0.4, 0.5) is 11.4 Å². The highest BCUT2D eigenvalue weighted by Crippen LogP contribution is 2.21. The Bertz CT molecular complexity index is 422. The van der Waals surface area contributed by atoms with Crippen molar-refractivity contribution in [1.29, 1.82) is 0 Å². The Hall–Kier alpha value is -1.55. The summed E-state index contributed by atoms with van der Waals surface area (Å²) in [7, 11) is 0. The average molecular weight is 275 g/mol. The number of anilines is 2. The molecule has 1 aliphatic heterocycles. The largest absolute Gasteiger partial charge is 0.372 e. The number of nitrogens with one attached hydrogen (secondary N) is 1. The first-order valence-corrected chi connectivity index (χ1v) is 7.55. The van der Waals surface area contributed by atoms with Gasteiger partial charge in [-0.3, -0.25) is 4.79 Å². The summed E-state index contributed by atoms with van der Waals surface area (Å²) in [5, 5.41) is 2.91. The molecule has 0 aliphatic carbocycles. The van der Waals surface area contributed by atoms with E-state index in [-0.39, 0.29) is 11.9 Å². The van der Waals surface area contributed by atoms with Gasteiger partial charge in [-0.25, -0.2) is 0 Å². The number of nitrogens with two attached hydrogens (primary N) is 1. The second kappa shape index (κ2) is 7.29. The lowest BCUT2D eigenvalue weighted by Crippen LogP contribution is -2.29. The topological polar surface area (TPSA) is 58.4 Å². The number of nitrogens with zero attached hydrogens (tertiary/aromatic N) is 1. The van der Waals surface area contributed by atoms with Crippen LogP contribution in [0.3, 0.4) is 0 Å². The van der Waals surface area contributed by atoms with Gasteiger partial charge in [-0.05, 0) is 56.9 Å². The quantitative estimate of drug-likeness (QED) is 0.868. The molecule has 0 spiro atoms. The standard InChI is InChI=1S/C16H25N3O/c1-13(17)5-10-16(20)18-14-6-8-15(9-7-14)19-11-3-2-4-12-19/h6-9,13H,2-5,10-12,17H2,1H3,(H,18,20). The highest BCUT2D eigenvalue weighted by Gasteiger charge is 2.11. The number of piperidine rings is 1. The van der Waals surface area contributed by atoms with Gasteiger partial charge in [0.1, 0.15) is 0 Å². The van der Waals surface area contributed by atoms with Crippen molar-refractivity contribution in [2.75, 3.05) is 23.3 Å². The van der Waals surface area contributed by atoms with Gasteiger partial charge in [0.25, 0.3) is 0 Å². The van der Waals surface area contributed by atoms with Gasteiger partial charge < -0.3 is 16.0 Å². The minimum absolute atomic E-state index is 0.0352. The zero-order valence-electron chi connectivity index (χ0n) is 12.3. The zero-order chi connectivity index (χ0) is 14.4. The van der Waals surface area contributed by atoms with E-state index in [9.17, 15) is 4.79 Å². The molecule has 0 bridgehead atoms. The second-order valence-electron chi connectivity index (χ2n) is 5.66. The first-order valence-electron chi connectivity index (χ1n) is 7.55. The minimum atomic E-state index is 0.0352. The predicted molar refractivity (Wildman–Crippen MR) is 84.0 cm³/mol.